The summed E-state index contributed by atoms with van der Waals surface area (Å²) in [5.41, 5.74) is 2.26. The molecule has 0 radical (unpaired) electrons. The van der Waals surface area contributed by atoms with Crippen molar-refractivity contribution < 1.29 is 4.39 Å². The molecule has 1 saturated heterocycles. The molecule has 2 aromatic heterocycles. The van der Waals surface area contributed by atoms with Gasteiger partial charge in [-0.15, -0.1) is 0 Å². The first-order valence-electron chi connectivity index (χ1n) is 8.08. The lowest BCUT2D eigenvalue weighted by molar-refractivity contribution is 0.628. The first-order chi connectivity index (χ1) is 11.7. The fourth-order valence-corrected chi connectivity index (χ4v) is 3.07. The number of benzene rings is 1. The monoisotopic (exact) mass is 323 g/mol. The molecule has 1 aliphatic rings. The first-order valence-corrected chi connectivity index (χ1v) is 8.08. The standard InChI is InChI=1S/C18H18FN5/c1-23-10-7-20-17(23)16-15(13-5-4-6-14(19)11-13)12-21-18(22-16)24-8-2-3-9-24/h4-7,10-12H,2-3,8-9H2,1H3. The third-order valence-corrected chi connectivity index (χ3v) is 4.33. The van der Waals surface area contributed by atoms with Crippen LogP contribution in [0.4, 0.5) is 10.3 Å². The van der Waals surface area contributed by atoms with Gasteiger partial charge in [0.25, 0.3) is 0 Å². The predicted molar refractivity (Wildman–Crippen MR) is 91.1 cm³/mol. The van der Waals surface area contributed by atoms with Crippen LogP contribution < -0.4 is 4.90 Å². The molecular weight excluding hydrogens is 305 g/mol. The van der Waals surface area contributed by atoms with Crippen LogP contribution >= 0.6 is 0 Å². The van der Waals surface area contributed by atoms with Gasteiger partial charge in [-0.05, 0) is 30.5 Å². The van der Waals surface area contributed by atoms with Crippen LogP contribution in [0, 0.1) is 5.82 Å². The summed E-state index contributed by atoms with van der Waals surface area (Å²) in [6.45, 7) is 1.94. The minimum Gasteiger partial charge on any atom is -0.341 e. The van der Waals surface area contributed by atoms with Crippen molar-refractivity contribution in [3.8, 4) is 22.6 Å². The second-order valence-corrected chi connectivity index (χ2v) is 6.00. The molecule has 24 heavy (non-hydrogen) atoms. The number of rotatable bonds is 3. The van der Waals surface area contributed by atoms with Crippen LogP contribution in [0.15, 0.2) is 42.9 Å². The molecule has 3 aromatic rings. The summed E-state index contributed by atoms with van der Waals surface area (Å²) in [4.78, 5) is 15.9. The number of aryl methyl sites for hydroxylation is 1. The van der Waals surface area contributed by atoms with Crippen molar-refractivity contribution in [3.05, 3.63) is 48.7 Å². The maximum atomic E-state index is 13.7. The zero-order chi connectivity index (χ0) is 16.5. The first kappa shape index (κ1) is 14.8. The fraction of sp³-hybridized carbons (Fsp3) is 0.278. The number of aromatic nitrogens is 4. The van der Waals surface area contributed by atoms with Crippen LogP contribution in [0.3, 0.4) is 0 Å². The van der Waals surface area contributed by atoms with Crippen molar-refractivity contribution in [1.82, 2.24) is 19.5 Å². The Morgan fingerprint density at radius 3 is 2.67 bits per heavy atom. The van der Waals surface area contributed by atoms with Crippen LogP contribution in [0.1, 0.15) is 12.8 Å². The van der Waals surface area contributed by atoms with E-state index in [1.165, 1.54) is 12.1 Å². The molecule has 0 saturated carbocycles. The van der Waals surface area contributed by atoms with E-state index in [0.717, 1.165) is 48.6 Å². The SMILES string of the molecule is Cn1ccnc1-c1nc(N2CCCC2)ncc1-c1cccc(F)c1. The third kappa shape index (κ3) is 2.64. The van der Waals surface area contributed by atoms with Crippen molar-refractivity contribution in [3.63, 3.8) is 0 Å². The van der Waals surface area contributed by atoms with E-state index in [9.17, 15) is 4.39 Å². The van der Waals surface area contributed by atoms with Gasteiger partial charge in [-0.1, -0.05) is 12.1 Å². The Balaban J connectivity index is 1.88. The summed E-state index contributed by atoms with van der Waals surface area (Å²) >= 11 is 0. The van der Waals surface area contributed by atoms with Gasteiger partial charge in [0.15, 0.2) is 5.82 Å². The number of hydrogen-bond donors (Lipinski definition) is 0. The molecule has 0 atom stereocenters. The maximum absolute atomic E-state index is 13.7. The number of anilines is 1. The molecular formula is C18H18FN5. The smallest absolute Gasteiger partial charge is 0.226 e. The van der Waals surface area contributed by atoms with E-state index in [4.69, 9.17) is 4.98 Å². The quantitative estimate of drug-likeness (QED) is 0.742. The molecule has 122 valence electrons. The molecule has 0 N–H and O–H groups in total. The Morgan fingerprint density at radius 2 is 1.96 bits per heavy atom. The van der Waals surface area contributed by atoms with Gasteiger partial charge in [0, 0.05) is 44.3 Å². The molecule has 3 heterocycles. The van der Waals surface area contributed by atoms with Gasteiger partial charge < -0.3 is 9.47 Å². The largest absolute Gasteiger partial charge is 0.341 e. The predicted octanol–water partition coefficient (Wildman–Crippen LogP) is 3.28. The van der Waals surface area contributed by atoms with Crippen LogP contribution in [-0.2, 0) is 7.05 Å². The topological polar surface area (TPSA) is 46.8 Å². The van der Waals surface area contributed by atoms with Gasteiger partial charge in [0.2, 0.25) is 5.95 Å². The molecule has 0 spiro atoms. The van der Waals surface area contributed by atoms with Gasteiger partial charge in [0.05, 0.1) is 0 Å². The zero-order valence-electron chi connectivity index (χ0n) is 13.5. The number of imidazole rings is 1. The normalized spacial score (nSPS) is 14.3. The summed E-state index contributed by atoms with van der Waals surface area (Å²) in [6.07, 6.45) is 7.71. The van der Waals surface area contributed by atoms with E-state index >= 15 is 0 Å². The molecule has 5 nitrogen and oxygen atoms in total. The third-order valence-electron chi connectivity index (χ3n) is 4.33. The van der Waals surface area contributed by atoms with E-state index in [2.05, 4.69) is 14.9 Å². The van der Waals surface area contributed by atoms with Crippen LogP contribution in [0.5, 0.6) is 0 Å². The molecule has 6 heteroatoms. The molecule has 0 unspecified atom stereocenters. The second kappa shape index (κ2) is 6.03. The minimum atomic E-state index is -0.276. The highest BCUT2D eigenvalue weighted by Gasteiger charge is 2.20. The number of hydrogen-bond acceptors (Lipinski definition) is 4. The lowest BCUT2D eigenvalue weighted by atomic mass is 10.1. The van der Waals surface area contributed by atoms with E-state index < -0.39 is 0 Å². The van der Waals surface area contributed by atoms with Gasteiger partial charge in [0.1, 0.15) is 11.5 Å². The summed E-state index contributed by atoms with van der Waals surface area (Å²) in [6, 6.07) is 6.50. The Hall–Kier alpha value is -2.76. The molecule has 0 amide bonds. The van der Waals surface area contributed by atoms with Gasteiger partial charge >= 0.3 is 0 Å². The molecule has 0 aliphatic carbocycles. The number of nitrogens with zero attached hydrogens (tertiary/aromatic N) is 5. The molecule has 1 aliphatic heterocycles. The van der Waals surface area contributed by atoms with E-state index in [0.29, 0.717) is 5.95 Å². The summed E-state index contributed by atoms with van der Waals surface area (Å²) in [7, 11) is 1.93. The number of halogens is 1. The van der Waals surface area contributed by atoms with Crippen molar-refractivity contribution in [1.29, 1.82) is 0 Å². The van der Waals surface area contributed by atoms with Crippen molar-refractivity contribution in [2.45, 2.75) is 12.8 Å². The summed E-state index contributed by atoms with van der Waals surface area (Å²) in [5, 5.41) is 0. The highest BCUT2D eigenvalue weighted by Crippen LogP contribution is 2.31. The zero-order valence-corrected chi connectivity index (χ0v) is 13.5. The highest BCUT2D eigenvalue weighted by atomic mass is 19.1. The minimum absolute atomic E-state index is 0.276. The summed E-state index contributed by atoms with van der Waals surface area (Å²) in [5.74, 6) is 1.18. The van der Waals surface area contributed by atoms with Crippen molar-refractivity contribution in [2.24, 2.45) is 7.05 Å². The van der Waals surface area contributed by atoms with Gasteiger partial charge in [-0.2, -0.15) is 0 Å². The van der Waals surface area contributed by atoms with Crippen LogP contribution in [-0.4, -0.2) is 32.6 Å². The molecule has 1 fully saturated rings. The lowest BCUT2D eigenvalue weighted by Gasteiger charge is -2.17. The fourth-order valence-electron chi connectivity index (χ4n) is 3.07. The average Bonchev–Trinajstić information content (AvgIpc) is 3.26. The van der Waals surface area contributed by atoms with Crippen LogP contribution in [0.25, 0.3) is 22.6 Å². The Kier molecular flexibility index (Phi) is 3.72. The molecule has 0 bridgehead atoms. The Labute approximate surface area is 139 Å². The highest BCUT2D eigenvalue weighted by molar-refractivity contribution is 5.78. The average molecular weight is 323 g/mol. The maximum Gasteiger partial charge on any atom is 0.226 e. The summed E-state index contributed by atoms with van der Waals surface area (Å²) < 4.78 is 15.6. The van der Waals surface area contributed by atoms with E-state index in [-0.39, 0.29) is 5.82 Å². The second-order valence-electron chi connectivity index (χ2n) is 6.00. The van der Waals surface area contributed by atoms with Gasteiger partial charge in [-0.25, -0.2) is 19.3 Å². The van der Waals surface area contributed by atoms with Crippen molar-refractivity contribution >= 4 is 5.95 Å². The van der Waals surface area contributed by atoms with Crippen molar-refractivity contribution in [2.75, 3.05) is 18.0 Å². The Bertz CT molecular complexity index is 867. The van der Waals surface area contributed by atoms with Gasteiger partial charge in [-0.3, -0.25) is 0 Å². The van der Waals surface area contributed by atoms with Crippen LogP contribution in [0.2, 0.25) is 0 Å². The molecule has 4 rings (SSSR count). The van der Waals surface area contributed by atoms with E-state index in [1.54, 1.807) is 18.5 Å². The lowest BCUT2D eigenvalue weighted by Crippen LogP contribution is -2.20. The van der Waals surface area contributed by atoms with E-state index in [1.807, 2.05) is 23.9 Å². The Morgan fingerprint density at radius 1 is 1.12 bits per heavy atom. The molecule has 1 aromatic carbocycles.